The molecule has 1 aliphatic heterocycles. The number of hydrogen-bond acceptors (Lipinski definition) is 5. The molecule has 1 fully saturated rings. The molecule has 3 rings (SSSR count). The second-order valence-corrected chi connectivity index (χ2v) is 8.55. The highest BCUT2D eigenvalue weighted by atomic mass is 127. The fraction of sp³-hybridized carbons (Fsp3) is 0.368. The third-order valence-corrected chi connectivity index (χ3v) is 6.14. The second kappa shape index (κ2) is 10.9. The molecule has 8 nitrogen and oxygen atoms in total. The lowest BCUT2D eigenvalue weighted by molar-refractivity contribution is 0.588. The number of rotatable bonds is 6. The Morgan fingerprint density at radius 1 is 1.33 bits per heavy atom. The first-order valence-electron chi connectivity index (χ1n) is 9.28. The van der Waals surface area contributed by atoms with Gasteiger partial charge in [0.05, 0.1) is 4.90 Å². The monoisotopic (exact) mass is 548 g/mol. The Hall–Kier alpha value is -1.99. The highest BCUT2D eigenvalue weighted by Gasteiger charge is 2.25. The molecule has 30 heavy (non-hydrogen) atoms. The van der Waals surface area contributed by atoms with Gasteiger partial charge in [0.2, 0.25) is 10.0 Å². The summed E-state index contributed by atoms with van der Waals surface area (Å²) in [6, 6.07) is 9.79. The van der Waals surface area contributed by atoms with Gasteiger partial charge in [-0.3, -0.25) is 4.99 Å². The van der Waals surface area contributed by atoms with Crippen LogP contribution in [0.4, 0.5) is 10.2 Å². The van der Waals surface area contributed by atoms with Crippen LogP contribution in [0.3, 0.4) is 0 Å². The summed E-state index contributed by atoms with van der Waals surface area (Å²) in [4.78, 5) is 10.5. The first-order valence-corrected chi connectivity index (χ1v) is 10.8. The SMILES string of the molecule is CN=C(NCc1cccc(S(=O)(=O)NC)c1)NC1CCN(c2ncccc2F)C1.I. The molecule has 1 aliphatic rings. The zero-order valence-corrected chi connectivity index (χ0v) is 19.9. The molecule has 2 heterocycles. The van der Waals surface area contributed by atoms with E-state index >= 15 is 0 Å². The van der Waals surface area contributed by atoms with Crippen molar-refractivity contribution in [1.29, 1.82) is 0 Å². The molecule has 1 atom stereocenters. The van der Waals surface area contributed by atoms with Gasteiger partial charge in [-0.05, 0) is 43.3 Å². The number of pyridine rings is 1. The molecule has 0 aliphatic carbocycles. The molecule has 0 spiro atoms. The van der Waals surface area contributed by atoms with Gasteiger partial charge in [0.15, 0.2) is 17.6 Å². The Morgan fingerprint density at radius 3 is 2.83 bits per heavy atom. The first-order chi connectivity index (χ1) is 13.9. The second-order valence-electron chi connectivity index (χ2n) is 6.67. The lowest BCUT2D eigenvalue weighted by Gasteiger charge is -2.20. The van der Waals surface area contributed by atoms with E-state index in [0.29, 0.717) is 31.4 Å². The van der Waals surface area contributed by atoms with Crippen molar-refractivity contribution >= 4 is 45.8 Å². The molecule has 164 valence electrons. The number of hydrogen-bond donors (Lipinski definition) is 3. The normalized spacial score (nSPS) is 16.8. The molecular formula is C19H26FIN6O2S. The average molecular weight is 548 g/mol. The molecule has 0 amide bonds. The van der Waals surface area contributed by atoms with E-state index in [-0.39, 0.29) is 40.7 Å². The molecule has 0 radical (unpaired) electrons. The Bertz CT molecular complexity index is 988. The Balaban J connectivity index is 0.00000320. The Labute approximate surface area is 193 Å². The van der Waals surface area contributed by atoms with Crippen molar-refractivity contribution in [2.45, 2.75) is 23.9 Å². The van der Waals surface area contributed by atoms with Crippen molar-refractivity contribution in [3.05, 3.63) is 54.0 Å². The summed E-state index contributed by atoms with van der Waals surface area (Å²) < 4.78 is 40.1. The number of benzene rings is 1. The molecule has 2 aromatic rings. The maximum Gasteiger partial charge on any atom is 0.240 e. The van der Waals surface area contributed by atoms with Gasteiger partial charge in [-0.1, -0.05) is 12.1 Å². The summed E-state index contributed by atoms with van der Waals surface area (Å²) in [5, 5.41) is 6.52. The number of halogens is 2. The van der Waals surface area contributed by atoms with Gasteiger partial charge in [0.1, 0.15) is 0 Å². The fourth-order valence-electron chi connectivity index (χ4n) is 3.19. The molecule has 0 saturated carbocycles. The van der Waals surface area contributed by atoms with E-state index in [1.54, 1.807) is 37.5 Å². The zero-order chi connectivity index (χ0) is 20.9. The molecule has 1 aromatic carbocycles. The molecule has 11 heteroatoms. The van der Waals surface area contributed by atoms with E-state index in [4.69, 9.17) is 0 Å². The lowest BCUT2D eigenvalue weighted by atomic mass is 10.2. The average Bonchev–Trinajstić information content (AvgIpc) is 3.20. The van der Waals surface area contributed by atoms with Crippen molar-refractivity contribution in [3.8, 4) is 0 Å². The van der Waals surface area contributed by atoms with Crippen molar-refractivity contribution in [3.63, 3.8) is 0 Å². The smallest absolute Gasteiger partial charge is 0.240 e. The molecule has 1 aromatic heterocycles. The van der Waals surface area contributed by atoms with Crippen LogP contribution in [0.25, 0.3) is 0 Å². The van der Waals surface area contributed by atoms with Crippen molar-refractivity contribution in [1.82, 2.24) is 20.3 Å². The number of aromatic nitrogens is 1. The number of aliphatic imine (C=N–C) groups is 1. The minimum atomic E-state index is -3.49. The lowest BCUT2D eigenvalue weighted by Crippen LogP contribution is -2.44. The van der Waals surface area contributed by atoms with Crippen LogP contribution in [0, 0.1) is 5.82 Å². The van der Waals surface area contributed by atoms with Gasteiger partial charge in [0.25, 0.3) is 0 Å². The number of nitrogens with zero attached hydrogens (tertiary/aromatic N) is 3. The number of anilines is 1. The molecule has 1 unspecified atom stereocenters. The van der Waals surface area contributed by atoms with E-state index in [1.807, 2.05) is 11.0 Å². The van der Waals surface area contributed by atoms with Gasteiger partial charge in [-0.15, -0.1) is 24.0 Å². The third-order valence-electron chi connectivity index (χ3n) is 4.73. The fourth-order valence-corrected chi connectivity index (χ4v) is 3.99. The number of nitrogens with one attached hydrogen (secondary N) is 3. The number of sulfonamides is 1. The van der Waals surface area contributed by atoms with E-state index in [0.717, 1.165) is 12.0 Å². The van der Waals surface area contributed by atoms with E-state index < -0.39 is 10.0 Å². The third kappa shape index (κ3) is 6.01. The molecule has 3 N–H and O–H groups in total. The summed E-state index contributed by atoms with van der Waals surface area (Å²) in [6.45, 7) is 1.73. The topological polar surface area (TPSA) is 98.7 Å². The standard InChI is InChI=1S/C19H25FN6O2S.HI/c1-21-19(24-12-14-5-3-6-16(11-14)29(27,28)22-2)25-15-8-10-26(13-15)18-17(20)7-4-9-23-18;/h3-7,9,11,15,22H,8,10,12-13H2,1-2H3,(H2,21,24,25);1H. The minimum absolute atomic E-state index is 0. The zero-order valence-electron chi connectivity index (χ0n) is 16.8. The Morgan fingerprint density at radius 2 is 2.13 bits per heavy atom. The van der Waals surface area contributed by atoms with Crippen molar-refractivity contribution in [2.24, 2.45) is 4.99 Å². The van der Waals surface area contributed by atoms with Gasteiger partial charge in [-0.25, -0.2) is 22.5 Å². The molecule has 1 saturated heterocycles. The van der Waals surface area contributed by atoms with Gasteiger partial charge < -0.3 is 15.5 Å². The minimum Gasteiger partial charge on any atom is -0.352 e. The van der Waals surface area contributed by atoms with E-state index in [2.05, 4.69) is 25.3 Å². The maximum absolute atomic E-state index is 13.9. The predicted octanol–water partition coefficient (Wildman–Crippen LogP) is 1.69. The largest absolute Gasteiger partial charge is 0.352 e. The van der Waals surface area contributed by atoms with E-state index in [9.17, 15) is 12.8 Å². The maximum atomic E-state index is 13.9. The molecular weight excluding hydrogens is 522 g/mol. The van der Waals surface area contributed by atoms with E-state index in [1.165, 1.54) is 13.1 Å². The van der Waals surface area contributed by atoms with Crippen LogP contribution in [0.15, 0.2) is 52.5 Å². The summed E-state index contributed by atoms with van der Waals surface area (Å²) in [7, 11) is -0.434. The van der Waals surface area contributed by atoms with Gasteiger partial charge in [-0.2, -0.15) is 0 Å². The summed E-state index contributed by atoms with van der Waals surface area (Å²) in [5.74, 6) is 0.634. The Kier molecular flexibility index (Phi) is 8.79. The number of guanidine groups is 1. The van der Waals surface area contributed by atoms with Gasteiger partial charge >= 0.3 is 0 Å². The van der Waals surface area contributed by atoms with Crippen LogP contribution >= 0.6 is 24.0 Å². The predicted molar refractivity (Wildman–Crippen MR) is 126 cm³/mol. The summed E-state index contributed by atoms with van der Waals surface area (Å²) in [6.07, 6.45) is 2.41. The van der Waals surface area contributed by atoms with Crippen molar-refractivity contribution in [2.75, 3.05) is 32.1 Å². The van der Waals surface area contributed by atoms with Crippen LogP contribution in [-0.4, -0.2) is 52.6 Å². The van der Waals surface area contributed by atoms with Crippen LogP contribution in [0.5, 0.6) is 0 Å². The summed E-state index contributed by atoms with van der Waals surface area (Å²) in [5.41, 5.74) is 0.813. The first kappa shape index (κ1) is 24.3. The quantitative estimate of drug-likeness (QED) is 0.289. The van der Waals surface area contributed by atoms with Crippen LogP contribution in [0.2, 0.25) is 0 Å². The van der Waals surface area contributed by atoms with Crippen LogP contribution < -0.4 is 20.3 Å². The molecule has 0 bridgehead atoms. The van der Waals surface area contributed by atoms with Crippen LogP contribution in [-0.2, 0) is 16.6 Å². The highest BCUT2D eigenvalue weighted by molar-refractivity contribution is 14.0. The summed E-state index contributed by atoms with van der Waals surface area (Å²) >= 11 is 0. The van der Waals surface area contributed by atoms with Gasteiger partial charge in [0, 0.05) is 38.9 Å². The van der Waals surface area contributed by atoms with Crippen molar-refractivity contribution < 1.29 is 12.8 Å². The van der Waals surface area contributed by atoms with Crippen LogP contribution in [0.1, 0.15) is 12.0 Å². The highest BCUT2D eigenvalue weighted by Crippen LogP contribution is 2.20.